The van der Waals surface area contributed by atoms with Crippen LogP contribution in [0.5, 0.6) is 0 Å². The third kappa shape index (κ3) is 1.77. The van der Waals surface area contributed by atoms with E-state index in [1.165, 1.54) is 5.56 Å². The fourth-order valence-electron chi connectivity index (χ4n) is 3.65. The first-order valence-corrected chi connectivity index (χ1v) is 6.79. The van der Waals surface area contributed by atoms with Gasteiger partial charge in [-0.05, 0) is 25.8 Å². The van der Waals surface area contributed by atoms with Crippen molar-refractivity contribution in [1.82, 2.24) is 10.2 Å². The topological polar surface area (TPSA) is 15.3 Å². The summed E-state index contributed by atoms with van der Waals surface area (Å²) in [5.74, 6) is 0. The molecule has 0 aliphatic carbocycles. The molecule has 0 amide bonds. The van der Waals surface area contributed by atoms with Crippen LogP contribution in [0.1, 0.15) is 25.8 Å². The molecule has 2 saturated heterocycles. The van der Waals surface area contributed by atoms with E-state index in [9.17, 15) is 4.39 Å². The molecule has 0 unspecified atom stereocenters. The van der Waals surface area contributed by atoms with Gasteiger partial charge in [-0.25, -0.2) is 4.39 Å². The van der Waals surface area contributed by atoms with Gasteiger partial charge in [0, 0.05) is 24.7 Å². The third-order valence-electron chi connectivity index (χ3n) is 4.52. The Labute approximate surface area is 108 Å². The Hall–Kier alpha value is -0.930. The van der Waals surface area contributed by atoms with Crippen LogP contribution in [0.15, 0.2) is 30.3 Å². The molecule has 3 atom stereocenters. The number of rotatable bonds is 2. The molecular weight excluding hydrogens is 227 g/mol. The zero-order valence-electron chi connectivity index (χ0n) is 11.1. The first kappa shape index (κ1) is 12.1. The maximum atomic E-state index is 14.1. The molecule has 1 N–H and O–H groups in total. The maximum Gasteiger partial charge on any atom is 0.118 e. The number of alkyl halides is 1. The monoisotopic (exact) mass is 248 g/mol. The molecule has 2 nitrogen and oxygen atoms in total. The second kappa shape index (κ2) is 4.32. The number of fused-ring (bicyclic) bond motifs is 2. The van der Waals surface area contributed by atoms with Crippen molar-refractivity contribution in [2.24, 2.45) is 0 Å². The standard InChI is InChI=1S/C15H21FN2/c1-15(2,11-6-4-3-5-7-11)18-12-8-13(16)14(18)10-17-9-12/h3-7,12-14,17H,8-10H2,1-2H3/t12-,13-,14-/m1/s1. The summed E-state index contributed by atoms with van der Waals surface area (Å²) >= 11 is 0. The number of piperazine rings is 1. The molecule has 2 fully saturated rings. The van der Waals surface area contributed by atoms with Crippen LogP contribution in [-0.4, -0.2) is 36.2 Å². The van der Waals surface area contributed by atoms with E-state index in [2.05, 4.69) is 48.3 Å². The van der Waals surface area contributed by atoms with Gasteiger partial charge in [-0.3, -0.25) is 4.90 Å². The van der Waals surface area contributed by atoms with Crippen LogP contribution in [-0.2, 0) is 5.54 Å². The van der Waals surface area contributed by atoms with E-state index in [1.54, 1.807) is 0 Å². The SMILES string of the molecule is CC(C)(c1ccccc1)N1[C@H]2CNC[C@@H]1[C@H](F)C2. The van der Waals surface area contributed by atoms with E-state index in [1.807, 2.05) is 6.07 Å². The lowest BCUT2D eigenvalue weighted by Crippen LogP contribution is -2.59. The lowest BCUT2D eigenvalue weighted by Gasteiger charge is -2.46. The minimum atomic E-state index is -0.687. The number of nitrogens with one attached hydrogen (secondary N) is 1. The smallest absolute Gasteiger partial charge is 0.118 e. The van der Waals surface area contributed by atoms with E-state index in [0.717, 1.165) is 13.1 Å². The minimum absolute atomic E-state index is 0.0268. The fraction of sp³-hybridized carbons (Fsp3) is 0.600. The highest BCUT2D eigenvalue weighted by Crippen LogP contribution is 2.40. The summed E-state index contributed by atoms with van der Waals surface area (Å²) in [5.41, 5.74) is 1.18. The average molecular weight is 248 g/mol. The van der Waals surface area contributed by atoms with Crippen LogP contribution in [0.25, 0.3) is 0 Å². The van der Waals surface area contributed by atoms with Crippen LogP contribution in [0.2, 0.25) is 0 Å². The molecule has 0 spiro atoms. The molecule has 2 heterocycles. The summed E-state index contributed by atoms with van der Waals surface area (Å²) in [7, 11) is 0. The van der Waals surface area contributed by atoms with E-state index in [-0.39, 0.29) is 11.6 Å². The zero-order valence-corrected chi connectivity index (χ0v) is 11.1. The van der Waals surface area contributed by atoms with Gasteiger partial charge < -0.3 is 5.32 Å². The molecule has 3 rings (SSSR count). The summed E-state index contributed by atoms with van der Waals surface area (Å²) < 4.78 is 14.1. The van der Waals surface area contributed by atoms with Gasteiger partial charge in [0.1, 0.15) is 6.17 Å². The lowest BCUT2D eigenvalue weighted by molar-refractivity contribution is 0.0278. The van der Waals surface area contributed by atoms with Gasteiger partial charge in [0.2, 0.25) is 0 Å². The molecule has 1 aromatic rings. The Morgan fingerprint density at radius 2 is 1.94 bits per heavy atom. The van der Waals surface area contributed by atoms with Crippen molar-refractivity contribution in [2.45, 2.75) is 44.1 Å². The zero-order chi connectivity index (χ0) is 12.8. The summed E-state index contributed by atoms with van der Waals surface area (Å²) in [4.78, 5) is 2.39. The molecule has 2 aliphatic rings. The fourth-order valence-corrected chi connectivity index (χ4v) is 3.65. The van der Waals surface area contributed by atoms with Crippen LogP contribution >= 0.6 is 0 Å². The first-order valence-electron chi connectivity index (χ1n) is 6.79. The quantitative estimate of drug-likeness (QED) is 0.864. The van der Waals surface area contributed by atoms with Gasteiger partial charge in [-0.1, -0.05) is 30.3 Å². The maximum absolute atomic E-state index is 14.1. The van der Waals surface area contributed by atoms with Gasteiger partial charge in [0.05, 0.1) is 6.04 Å². The number of hydrogen-bond donors (Lipinski definition) is 1. The van der Waals surface area contributed by atoms with Crippen molar-refractivity contribution in [2.75, 3.05) is 13.1 Å². The molecule has 0 aromatic heterocycles. The van der Waals surface area contributed by atoms with Crippen molar-refractivity contribution in [1.29, 1.82) is 0 Å². The van der Waals surface area contributed by atoms with Crippen molar-refractivity contribution in [3.63, 3.8) is 0 Å². The van der Waals surface area contributed by atoms with Crippen LogP contribution in [0, 0.1) is 0 Å². The molecule has 18 heavy (non-hydrogen) atoms. The highest BCUT2D eigenvalue weighted by Gasteiger charge is 2.50. The summed E-state index contributed by atoms with van der Waals surface area (Å²) in [6.07, 6.45) is -0.0125. The number of benzene rings is 1. The van der Waals surface area contributed by atoms with Crippen LogP contribution in [0.3, 0.4) is 0 Å². The van der Waals surface area contributed by atoms with Gasteiger partial charge in [-0.2, -0.15) is 0 Å². The molecule has 98 valence electrons. The average Bonchev–Trinajstić information content (AvgIpc) is 2.58. The van der Waals surface area contributed by atoms with E-state index in [4.69, 9.17) is 0 Å². The minimum Gasteiger partial charge on any atom is -0.314 e. The lowest BCUT2D eigenvalue weighted by atomic mass is 9.90. The Morgan fingerprint density at radius 1 is 1.22 bits per heavy atom. The highest BCUT2D eigenvalue weighted by atomic mass is 19.1. The van der Waals surface area contributed by atoms with Crippen LogP contribution in [0.4, 0.5) is 4.39 Å². The Balaban J connectivity index is 1.94. The molecule has 0 saturated carbocycles. The van der Waals surface area contributed by atoms with Crippen molar-refractivity contribution >= 4 is 0 Å². The molecule has 2 aliphatic heterocycles. The molecule has 3 heteroatoms. The van der Waals surface area contributed by atoms with Gasteiger partial charge in [0.25, 0.3) is 0 Å². The van der Waals surface area contributed by atoms with E-state index in [0.29, 0.717) is 12.5 Å². The summed E-state index contributed by atoms with van der Waals surface area (Å²) in [6, 6.07) is 10.8. The predicted molar refractivity (Wildman–Crippen MR) is 71.3 cm³/mol. The van der Waals surface area contributed by atoms with Crippen molar-refractivity contribution in [3.05, 3.63) is 35.9 Å². The number of hydrogen-bond acceptors (Lipinski definition) is 2. The number of nitrogens with zero attached hydrogens (tertiary/aromatic N) is 1. The number of halogens is 1. The van der Waals surface area contributed by atoms with Gasteiger partial charge >= 0.3 is 0 Å². The first-order chi connectivity index (χ1) is 8.60. The van der Waals surface area contributed by atoms with Crippen molar-refractivity contribution in [3.8, 4) is 0 Å². The molecule has 1 aromatic carbocycles. The normalized spacial score (nSPS) is 32.7. The van der Waals surface area contributed by atoms with Gasteiger partial charge in [-0.15, -0.1) is 0 Å². The Bertz CT molecular complexity index is 418. The van der Waals surface area contributed by atoms with Crippen LogP contribution < -0.4 is 5.32 Å². The predicted octanol–water partition coefficient (Wildman–Crippen LogP) is 2.31. The Kier molecular flexibility index (Phi) is 2.91. The van der Waals surface area contributed by atoms with E-state index < -0.39 is 6.17 Å². The third-order valence-corrected chi connectivity index (χ3v) is 4.52. The largest absolute Gasteiger partial charge is 0.314 e. The Morgan fingerprint density at radius 3 is 2.61 bits per heavy atom. The molecular formula is C15H21FN2. The molecule has 0 radical (unpaired) electrons. The second-order valence-electron chi connectivity index (χ2n) is 5.96. The van der Waals surface area contributed by atoms with E-state index >= 15 is 0 Å². The summed E-state index contributed by atoms with van der Waals surface area (Å²) in [5, 5.41) is 3.35. The highest BCUT2D eigenvalue weighted by molar-refractivity contribution is 5.25. The summed E-state index contributed by atoms with van der Waals surface area (Å²) in [6.45, 7) is 6.11. The van der Waals surface area contributed by atoms with Gasteiger partial charge in [0.15, 0.2) is 0 Å². The second-order valence-corrected chi connectivity index (χ2v) is 5.96. The molecule has 2 bridgehead atoms. The van der Waals surface area contributed by atoms with Crippen molar-refractivity contribution < 1.29 is 4.39 Å².